The van der Waals surface area contributed by atoms with Gasteiger partial charge in [-0.2, -0.15) is 12.6 Å². The number of anilines is 1. The van der Waals surface area contributed by atoms with Gasteiger partial charge in [-0.05, 0) is 0 Å². The fraction of sp³-hybridized carbons (Fsp3) is 0.333. The Morgan fingerprint density at radius 1 is 1.73 bits per heavy atom. The molecule has 0 saturated carbocycles. The number of aromatic nitrogens is 2. The first-order chi connectivity index (χ1) is 5.33. The van der Waals surface area contributed by atoms with Gasteiger partial charge in [0.25, 0.3) is 5.56 Å². The highest BCUT2D eigenvalue weighted by molar-refractivity contribution is 7.80. The lowest BCUT2D eigenvalue weighted by Crippen LogP contribution is -2.12. The summed E-state index contributed by atoms with van der Waals surface area (Å²) in [6.07, 6.45) is 1.46. The third-order valence-corrected chi connectivity index (χ3v) is 1.30. The normalized spacial score (nSPS) is 9.55. The lowest BCUT2D eigenvalue weighted by Gasteiger charge is -2.00. The predicted molar refractivity (Wildman–Crippen MR) is 47.2 cm³/mol. The molecule has 1 aromatic heterocycles. The number of aromatic amines is 1. The summed E-state index contributed by atoms with van der Waals surface area (Å²) < 4.78 is 0. The Morgan fingerprint density at radius 3 is 3.18 bits per heavy atom. The fourth-order valence-corrected chi connectivity index (χ4v) is 0.746. The summed E-state index contributed by atoms with van der Waals surface area (Å²) in [7, 11) is 0. The van der Waals surface area contributed by atoms with Crippen molar-refractivity contribution < 1.29 is 0 Å². The average molecular weight is 171 g/mol. The average Bonchev–Trinajstić information content (AvgIpc) is 2.01. The van der Waals surface area contributed by atoms with Crippen molar-refractivity contribution in [1.82, 2.24) is 9.97 Å². The van der Waals surface area contributed by atoms with Gasteiger partial charge in [0.2, 0.25) is 5.95 Å². The second kappa shape index (κ2) is 4.02. The molecule has 0 atom stereocenters. The molecule has 0 fully saturated rings. The van der Waals surface area contributed by atoms with Crippen LogP contribution in [0.25, 0.3) is 0 Å². The molecular weight excluding hydrogens is 162 g/mol. The summed E-state index contributed by atoms with van der Waals surface area (Å²) in [5, 5.41) is 2.89. The molecule has 0 spiro atoms. The Hall–Kier alpha value is -0.970. The SMILES string of the molecule is O=c1ccnc(NCCS)[nH]1. The Kier molecular flexibility index (Phi) is 2.97. The van der Waals surface area contributed by atoms with E-state index in [0.717, 1.165) is 0 Å². The van der Waals surface area contributed by atoms with Crippen LogP contribution in [0.5, 0.6) is 0 Å². The molecule has 4 nitrogen and oxygen atoms in total. The molecule has 11 heavy (non-hydrogen) atoms. The Labute approximate surface area is 69.5 Å². The Morgan fingerprint density at radius 2 is 2.55 bits per heavy atom. The Balaban J connectivity index is 2.64. The van der Waals surface area contributed by atoms with Crippen LogP contribution in [-0.4, -0.2) is 22.3 Å². The van der Waals surface area contributed by atoms with Crippen LogP contribution in [0.15, 0.2) is 17.1 Å². The zero-order chi connectivity index (χ0) is 8.10. The molecule has 0 radical (unpaired) electrons. The molecule has 0 aliphatic rings. The van der Waals surface area contributed by atoms with Crippen LogP contribution in [-0.2, 0) is 0 Å². The number of hydrogen-bond acceptors (Lipinski definition) is 4. The molecule has 60 valence electrons. The number of rotatable bonds is 3. The van der Waals surface area contributed by atoms with Crippen LogP contribution in [0, 0.1) is 0 Å². The van der Waals surface area contributed by atoms with Gasteiger partial charge in [0.05, 0.1) is 0 Å². The summed E-state index contributed by atoms with van der Waals surface area (Å²) in [5.41, 5.74) is -0.151. The van der Waals surface area contributed by atoms with Gasteiger partial charge in [0.15, 0.2) is 0 Å². The first-order valence-electron chi connectivity index (χ1n) is 3.23. The lowest BCUT2D eigenvalue weighted by molar-refractivity contribution is 1.07. The van der Waals surface area contributed by atoms with E-state index < -0.39 is 0 Å². The Bertz CT molecular complexity index is 273. The van der Waals surface area contributed by atoms with E-state index in [1.807, 2.05) is 0 Å². The molecule has 2 N–H and O–H groups in total. The number of hydrogen-bond donors (Lipinski definition) is 3. The first kappa shape index (κ1) is 8.13. The van der Waals surface area contributed by atoms with E-state index >= 15 is 0 Å². The quantitative estimate of drug-likeness (QED) is 0.566. The molecule has 0 amide bonds. The van der Waals surface area contributed by atoms with Crippen molar-refractivity contribution >= 4 is 18.6 Å². The number of nitrogens with zero attached hydrogens (tertiary/aromatic N) is 1. The smallest absolute Gasteiger partial charge is 0.252 e. The maximum atomic E-state index is 10.7. The van der Waals surface area contributed by atoms with E-state index in [9.17, 15) is 4.79 Å². The summed E-state index contributed by atoms with van der Waals surface area (Å²) in [5.74, 6) is 1.20. The first-order valence-corrected chi connectivity index (χ1v) is 3.86. The second-order valence-corrected chi connectivity index (χ2v) is 2.38. The van der Waals surface area contributed by atoms with Crippen LogP contribution in [0.4, 0.5) is 5.95 Å². The third kappa shape index (κ3) is 2.63. The predicted octanol–water partition coefficient (Wildman–Crippen LogP) is 0.112. The second-order valence-electron chi connectivity index (χ2n) is 1.93. The lowest BCUT2D eigenvalue weighted by atomic mass is 10.6. The topological polar surface area (TPSA) is 57.8 Å². The highest BCUT2D eigenvalue weighted by Crippen LogP contribution is 1.89. The standard InChI is InChI=1S/C6H9N3OS/c10-5-1-2-7-6(9-5)8-3-4-11/h1-2,11H,3-4H2,(H2,7,8,9,10). The largest absolute Gasteiger partial charge is 0.355 e. The molecule has 1 aromatic rings. The van der Waals surface area contributed by atoms with Gasteiger partial charge < -0.3 is 5.32 Å². The van der Waals surface area contributed by atoms with Crippen LogP contribution in [0.1, 0.15) is 0 Å². The summed E-state index contributed by atoms with van der Waals surface area (Å²) in [6.45, 7) is 0.691. The third-order valence-electron chi connectivity index (χ3n) is 1.08. The van der Waals surface area contributed by atoms with Gasteiger partial charge >= 0.3 is 0 Å². The van der Waals surface area contributed by atoms with Crippen molar-refractivity contribution in [2.45, 2.75) is 0 Å². The van der Waals surface area contributed by atoms with Crippen LogP contribution in [0.2, 0.25) is 0 Å². The van der Waals surface area contributed by atoms with Crippen LogP contribution < -0.4 is 10.9 Å². The molecule has 0 saturated heterocycles. The number of H-pyrrole nitrogens is 1. The fourth-order valence-electron chi connectivity index (χ4n) is 0.634. The molecular formula is C6H9N3OS. The summed E-state index contributed by atoms with van der Waals surface area (Å²) in [4.78, 5) is 17.1. The van der Waals surface area contributed by atoms with Crippen molar-refractivity contribution in [3.8, 4) is 0 Å². The zero-order valence-electron chi connectivity index (χ0n) is 5.87. The highest BCUT2D eigenvalue weighted by atomic mass is 32.1. The van der Waals surface area contributed by atoms with Crippen molar-refractivity contribution in [1.29, 1.82) is 0 Å². The minimum Gasteiger partial charge on any atom is -0.355 e. The minimum absolute atomic E-state index is 0.151. The van der Waals surface area contributed by atoms with Crippen LogP contribution in [0.3, 0.4) is 0 Å². The molecule has 0 aliphatic carbocycles. The van der Waals surface area contributed by atoms with Crippen LogP contribution >= 0.6 is 12.6 Å². The van der Waals surface area contributed by atoms with Crippen molar-refractivity contribution in [2.24, 2.45) is 0 Å². The van der Waals surface area contributed by atoms with Gasteiger partial charge in [0.1, 0.15) is 0 Å². The molecule has 1 rings (SSSR count). The van der Waals surface area contributed by atoms with Gasteiger partial charge in [-0.3, -0.25) is 9.78 Å². The van der Waals surface area contributed by atoms with Gasteiger partial charge in [-0.15, -0.1) is 0 Å². The van der Waals surface area contributed by atoms with Gasteiger partial charge in [0, 0.05) is 24.6 Å². The molecule has 1 heterocycles. The molecule has 0 aromatic carbocycles. The van der Waals surface area contributed by atoms with E-state index in [1.54, 1.807) is 0 Å². The maximum absolute atomic E-state index is 10.7. The monoisotopic (exact) mass is 171 g/mol. The summed E-state index contributed by atoms with van der Waals surface area (Å²) >= 11 is 3.99. The molecule has 0 unspecified atom stereocenters. The van der Waals surface area contributed by atoms with Crippen molar-refractivity contribution in [2.75, 3.05) is 17.6 Å². The van der Waals surface area contributed by atoms with Crippen molar-refractivity contribution in [3.63, 3.8) is 0 Å². The van der Waals surface area contributed by atoms with Crippen molar-refractivity contribution in [3.05, 3.63) is 22.6 Å². The highest BCUT2D eigenvalue weighted by Gasteiger charge is 1.90. The zero-order valence-corrected chi connectivity index (χ0v) is 6.77. The summed E-state index contributed by atoms with van der Waals surface area (Å²) in [6, 6.07) is 1.37. The molecule has 5 heteroatoms. The van der Waals surface area contributed by atoms with E-state index in [-0.39, 0.29) is 5.56 Å². The van der Waals surface area contributed by atoms with Gasteiger partial charge in [-0.25, -0.2) is 4.98 Å². The molecule has 0 aliphatic heterocycles. The van der Waals surface area contributed by atoms with E-state index in [4.69, 9.17) is 0 Å². The van der Waals surface area contributed by atoms with E-state index in [2.05, 4.69) is 27.9 Å². The minimum atomic E-state index is -0.151. The van der Waals surface area contributed by atoms with E-state index in [0.29, 0.717) is 18.2 Å². The number of nitrogens with one attached hydrogen (secondary N) is 2. The van der Waals surface area contributed by atoms with E-state index in [1.165, 1.54) is 12.3 Å². The maximum Gasteiger partial charge on any atom is 0.252 e. The van der Waals surface area contributed by atoms with Gasteiger partial charge in [-0.1, -0.05) is 0 Å². The number of thiol groups is 1. The molecule has 0 bridgehead atoms.